The van der Waals surface area contributed by atoms with Gasteiger partial charge in [-0.2, -0.15) is 0 Å². The molecule has 3 rings (SSSR count). The number of halogens is 2. The summed E-state index contributed by atoms with van der Waals surface area (Å²) < 4.78 is 11.2. The molecule has 3 amide bonds. The molecular formula is C35H45Cl2N3O7. The van der Waals surface area contributed by atoms with E-state index >= 15 is 0 Å². The maximum atomic E-state index is 13.5. The lowest BCUT2D eigenvalue weighted by Gasteiger charge is -2.31. The molecule has 2 aromatic rings. The van der Waals surface area contributed by atoms with Gasteiger partial charge < -0.3 is 30.5 Å². The van der Waals surface area contributed by atoms with E-state index in [1.54, 1.807) is 44.2 Å². The first-order valence-corrected chi connectivity index (χ1v) is 16.6. The minimum Gasteiger partial charge on any atom is -0.495 e. The first-order chi connectivity index (χ1) is 22.3. The largest absolute Gasteiger partial charge is 0.495 e. The maximum absolute atomic E-state index is 13.5. The summed E-state index contributed by atoms with van der Waals surface area (Å²) in [5.74, 6) is -3.03. The zero-order valence-electron chi connectivity index (χ0n) is 27.4. The number of methoxy groups -OCH3 is 1. The van der Waals surface area contributed by atoms with Gasteiger partial charge in [-0.25, -0.2) is 4.79 Å². The number of cyclic esters (lactones) is 1. The second-order valence-corrected chi connectivity index (χ2v) is 13.2. The Bertz CT molecular complexity index is 1400. The van der Waals surface area contributed by atoms with E-state index in [0.717, 1.165) is 0 Å². The van der Waals surface area contributed by atoms with Gasteiger partial charge in [0.2, 0.25) is 17.7 Å². The zero-order valence-corrected chi connectivity index (χ0v) is 28.9. The predicted octanol–water partition coefficient (Wildman–Crippen LogP) is 4.51. The molecule has 0 bridgehead atoms. The lowest BCUT2D eigenvalue weighted by atomic mass is 9.90. The Hall–Kier alpha value is -3.60. The van der Waals surface area contributed by atoms with E-state index in [1.807, 2.05) is 32.0 Å². The molecule has 0 aliphatic carbocycles. The summed E-state index contributed by atoms with van der Waals surface area (Å²) in [4.78, 5) is 53.1. The van der Waals surface area contributed by atoms with Crippen molar-refractivity contribution in [2.24, 2.45) is 17.8 Å². The molecule has 10 nitrogen and oxygen atoms in total. The fraction of sp³-hybridized carbons (Fsp3) is 0.486. The number of carbonyl (C=O) groups is 4. The van der Waals surface area contributed by atoms with Crippen molar-refractivity contribution >= 4 is 46.9 Å². The number of aliphatic hydroxyl groups excluding tert-OH is 1. The third-order valence-corrected chi connectivity index (χ3v) is 8.88. The Morgan fingerprint density at radius 3 is 2.34 bits per heavy atom. The van der Waals surface area contributed by atoms with Crippen molar-refractivity contribution in [1.82, 2.24) is 16.0 Å². The number of carbonyl (C=O) groups excluding carboxylic acids is 4. The highest BCUT2D eigenvalue weighted by Gasteiger charge is 2.35. The van der Waals surface area contributed by atoms with Crippen LogP contribution in [0.5, 0.6) is 5.75 Å². The Morgan fingerprint density at radius 2 is 1.70 bits per heavy atom. The van der Waals surface area contributed by atoms with Crippen molar-refractivity contribution in [3.63, 3.8) is 0 Å². The minimum atomic E-state index is -1.12. The van der Waals surface area contributed by atoms with E-state index in [-0.39, 0.29) is 25.3 Å². The van der Waals surface area contributed by atoms with Crippen LogP contribution in [0, 0.1) is 17.8 Å². The molecule has 1 aliphatic rings. The molecule has 0 radical (unpaired) electrons. The van der Waals surface area contributed by atoms with Gasteiger partial charge in [-0.3, -0.25) is 14.4 Å². The van der Waals surface area contributed by atoms with Crippen molar-refractivity contribution in [3.05, 3.63) is 76.8 Å². The molecule has 1 aliphatic heterocycles. The molecule has 256 valence electrons. The minimum absolute atomic E-state index is 0.0380. The van der Waals surface area contributed by atoms with Gasteiger partial charge in [-0.05, 0) is 41.7 Å². The molecule has 2 aromatic carbocycles. The second kappa shape index (κ2) is 18.1. The number of hydrogen-bond acceptors (Lipinski definition) is 7. The maximum Gasteiger partial charge on any atom is 0.328 e. The number of nitrogens with one attached hydrogen (secondary N) is 3. The molecule has 4 N–H and O–H groups in total. The van der Waals surface area contributed by atoms with Crippen LogP contribution in [0.2, 0.25) is 5.02 Å². The Kier molecular flexibility index (Phi) is 14.6. The Balaban J connectivity index is 1.92. The fourth-order valence-electron chi connectivity index (χ4n) is 5.20. The number of esters is 1. The van der Waals surface area contributed by atoms with E-state index in [2.05, 4.69) is 16.0 Å². The molecule has 1 heterocycles. The van der Waals surface area contributed by atoms with Crippen LogP contribution in [0.4, 0.5) is 0 Å². The summed E-state index contributed by atoms with van der Waals surface area (Å²) in [5.41, 5.74) is 1.38. The number of amides is 3. The number of aliphatic hydroxyl groups is 1. The molecule has 47 heavy (non-hydrogen) atoms. The molecule has 0 fully saturated rings. The second-order valence-electron chi connectivity index (χ2n) is 12.3. The molecule has 0 unspecified atom stereocenters. The van der Waals surface area contributed by atoms with E-state index in [1.165, 1.54) is 19.3 Å². The summed E-state index contributed by atoms with van der Waals surface area (Å²) in [5, 5.41) is 19.1. The highest BCUT2D eigenvalue weighted by atomic mass is 35.5. The lowest BCUT2D eigenvalue weighted by Crippen LogP contribution is -2.51. The van der Waals surface area contributed by atoms with E-state index < -0.39 is 65.2 Å². The number of hydrogen-bond donors (Lipinski definition) is 4. The molecule has 0 saturated carbocycles. The normalized spacial score (nSPS) is 24.3. The van der Waals surface area contributed by atoms with Crippen molar-refractivity contribution in [3.8, 4) is 5.75 Å². The molecule has 0 spiro atoms. The average Bonchev–Trinajstić information content (AvgIpc) is 3.04. The zero-order chi connectivity index (χ0) is 34.7. The van der Waals surface area contributed by atoms with Gasteiger partial charge in [0.25, 0.3) is 0 Å². The van der Waals surface area contributed by atoms with Gasteiger partial charge in [0, 0.05) is 25.3 Å². The predicted molar refractivity (Wildman–Crippen MR) is 181 cm³/mol. The van der Waals surface area contributed by atoms with E-state index in [9.17, 15) is 24.3 Å². The highest BCUT2D eigenvalue weighted by molar-refractivity contribution is 6.32. The first-order valence-electron chi connectivity index (χ1n) is 15.8. The van der Waals surface area contributed by atoms with Gasteiger partial charge in [-0.15, -0.1) is 11.6 Å². The Morgan fingerprint density at radius 1 is 1.00 bits per heavy atom. The molecule has 12 heteroatoms. The van der Waals surface area contributed by atoms with Crippen LogP contribution < -0.4 is 20.7 Å². The fourth-order valence-corrected chi connectivity index (χ4v) is 5.86. The first kappa shape index (κ1) is 37.9. The van der Waals surface area contributed by atoms with Crippen LogP contribution in [0.1, 0.15) is 57.0 Å². The van der Waals surface area contributed by atoms with Crippen molar-refractivity contribution in [2.75, 3.05) is 13.7 Å². The molecule has 0 saturated heterocycles. The number of ether oxygens (including phenoxy) is 2. The van der Waals surface area contributed by atoms with Gasteiger partial charge in [-0.1, -0.05) is 81.8 Å². The number of rotatable bonds is 9. The monoisotopic (exact) mass is 689 g/mol. The third kappa shape index (κ3) is 11.3. The molecule has 7 atom stereocenters. The standard InChI is InChI=1S/C35H45Cl2N3O7/c1-20(2)16-27-35(45)47-28(22(4)32(42)31(37)24-10-7-6-8-11-24)12-9-13-30(41)39-26(34(44)38-19-21(3)33(43)40-27)18-23-14-15-29(46-5)25(36)17-23/h6-11,13-15,17,20-22,26-28,31-32,42H,12,16,18-19H2,1-5H3,(H,38,44)(H,39,41)(H,40,43)/b13-9+/t21-,22+,26-,27+,28+,31+,32-/m1/s1. The smallest absolute Gasteiger partial charge is 0.328 e. The van der Waals surface area contributed by atoms with Crippen LogP contribution in [0.3, 0.4) is 0 Å². The average molecular weight is 691 g/mol. The van der Waals surface area contributed by atoms with E-state index in [0.29, 0.717) is 28.3 Å². The lowest BCUT2D eigenvalue weighted by molar-refractivity contribution is -0.158. The summed E-state index contributed by atoms with van der Waals surface area (Å²) >= 11 is 12.9. The van der Waals surface area contributed by atoms with E-state index in [4.69, 9.17) is 32.7 Å². The summed E-state index contributed by atoms with van der Waals surface area (Å²) in [6, 6.07) is 12.2. The van der Waals surface area contributed by atoms with Gasteiger partial charge in [0.1, 0.15) is 23.9 Å². The van der Waals surface area contributed by atoms with Gasteiger partial charge in [0.05, 0.1) is 29.5 Å². The quantitative estimate of drug-likeness (QED) is 0.224. The van der Waals surface area contributed by atoms with Crippen molar-refractivity contribution < 1.29 is 33.8 Å². The number of benzene rings is 2. The van der Waals surface area contributed by atoms with Crippen LogP contribution >= 0.6 is 23.2 Å². The third-order valence-electron chi connectivity index (χ3n) is 8.08. The SMILES string of the molecule is COc1ccc(C[C@H]2NC(=O)/C=C/C[C@@H]([C@H](C)[C@@H](O)[C@@H](Cl)c3ccccc3)OC(=O)[C@H](CC(C)C)NC(=O)[C@H](C)CNC2=O)cc1Cl. The van der Waals surface area contributed by atoms with Crippen LogP contribution in [-0.4, -0.2) is 66.7 Å². The van der Waals surface area contributed by atoms with Crippen molar-refractivity contribution in [2.45, 2.75) is 76.6 Å². The molecule has 0 aromatic heterocycles. The van der Waals surface area contributed by atoms with Crippen molar-refractivity contribution in [1.29, 1.82) is 0 Å². The van der Waals surface area contributed by atoms with Gasteiger partial charge >= 0.3 is 5.97 Å². The summed E-state index contributed by atoms with van der Waals surface area (Å²) in [6.07, 6.45) is 1.24. The van der Waals surface area contributed by atoms with Crippen LogP contribution in [0.25, 0.3) is 0 Å². The highest BCUT2D eigenvalue weighted by Crippen LogP contribution is 2.32. The van der Waals surface area contributed by atoms with Gasteiger partial charge in [0.15, 0.2) is 0 Å². The number of alkyl halides is 1. The summed E-state index contributed by atoms with van der Waals surface area (Å²) in [7, 11) is 1.50. The van der Waals surface area contributed by atoms with Crippen LogP contribution in [-0.2, 0) is 30.3 Å². The summed E-state index contributed by atoms with van der Waals surface area (Å²) in [6.45, 7) is 7.14. The topological polar surface area (TPSA) is 143 Å². The molecular weight excluding hydrogens is 645 g/mol. The van der Waals surface area contributed by atoms with Crippen LogP contribution in [0.15, 0.2) is 60.7 Å². The Labute approximate surface area is 286 Å².